The smallest absolute Gasteiger partial charge is 0.416 e. The lowest BCUT2D eigenvalue weighted by Gasteiger charge is -2.13. The molecule has 0 radical (unpaired) electrons. The van der Waals surface area contributed by atoms with Gasteiger partial charge in [-0.3, -0.25) is 15.4 Å². The predicted octanol–water partition coefficient (Wildman–Crippen LogP) is 10.4. The molecule has 0 saturated carbocycles. The van der Waals surface area contributed by atoms with Crippen LogP contribution in [0.4, 0.5) is 42.8 Å². The van der Waals surface area contributed by atoms with Crippen molar-refractivity contribution >= 4 is 68.5 Å². The number of ether oxygens (including phenoxy) is 4. The van der Waals surface area contributed by atoms with Crippen LogP contribution in [-0.4, -0.2) is 72.4 Å². The second-order valence-electron chi connectivity index (χ2n) is 12.3. The van der Waals surface area contributed by atoms with Crippen LogP contribution < -0.4 is 29.0 Å². The summed E-state index contributed by atoms with van der Waals surface area (Å²) in [5.41, 5.74) is -1.34. The number of aryl methyl sites for hydroxylation is 2. The fourth-order valence-corrected chi connectivity index (χ4v) is 6.82. The first-order valence-corrected chi connectivity index (χ1v) is 20.4. The maximum atomic E-state index is 12.6. The summed E-state index contributed by atoms with van der Waals surface area (Å²) >= 11 is 17.2. The van der Waals surface area contributed by atoms with Crippen molar-refractivity contribution in [3.05, 3.63) is 120 Å². The van der Waals surface area contributed by atoms with E-state index in [9.17, 15) is 54.5 Å². The summed E-state index contributed by atoms with van der Waals surface area (Å²) in [4.78, 5) is 44.0. The Morgan fingerprint density at radius 2 is 1.52 bits per heavy atom. The SMILES string of the molecule is CCOc1cc(Oc2ccc(C(F)(F)F)cc2Cl)ccc1[N+](=O)[O-].COc1c(Cl)ccc(Cl)c1C(=O)O.COc1nc(C)nc(NC(=O)NS(=O)(=O)c2ccccc2CCC(F)(F)F)n1. The van der Waals surface area contributed by atoms with Crippen LogP contribution in [0.25, 0.3) is 0 Å². The van der Waals surface area contributed by atoms with Crippen molar-refractivity contribution in [2.45, 2.75) is 43.9 Å². The fourth-order valence-electron chi connectivity index (χ4n) is 4.96. The van der Waals surface area contributed by atoms with E-state index >= 15 is 0 Å². The van der Waals surface area contributed by atoms with E-state index in [1.165, 1.54) is 69.7 Å². The summed E-state index contributed by atoms with van der Waals surface area (Å²) in [6.45, 7) is 3.36. The maximum absolute atomic E-state index is 12.6. The molecule has 1 aromatic heterocycles. The Morgan fingerprint density at radius 1 is 0.862 bits per heavy atom. The predicted molar refractivity (Wildman–Crippen MR) is 222 cm³/mol. The van der Waals surface area contributed by atoms with Gasteiger partial charge in [0.15, 0.2) is 5.75 Å². The normalized spacial score (nSPS) is 11.2. The van der Waals surface area contributed by atoms with Gasteiger partial charge in [-0.05, 0) is 68.3 Å². The fraction of sp³-hybridized carbons (Fsp3) is 0.237. The zero-order valence-electron chi connectivity index (χ0n) is 33.7. The number of rotatable bonds is 13. The molecule has 5 aromatic rings. The van der Waals surface area contributed by atoms with E-state index < -0.39 is 62.6 Å². The monoisotopic (exact) mass is 1000 g/mol. The van der Waals surface area contributed by atoms with Gasteiger partial charge in [0.1, 0.15) is 22.9 Å². The van der Waals surface area contributed by atoms with Gasteiger partial charge in [-0.15, -0.1) is 0 Å². The number of anilines is 1. The van der Waals surface area contributed by atoms with E-state index in [0.717, 1.165) is 24.3 Å². The molecular formula is C38H33Cl3F6N6O11S. The van der Waals surface area contributed by atoms with E-state index in [4.69, 9.17) is 58.9 Å². The first kappa shape index (κ1) is 53.0. The molecule has 4 aromatic carbocycles. The number of aromatic carboxylic acids is 1. The number of carboxylic acid groups (broad SMARTS) is 1. The third-order valence-electron chi connectivity index (χ3n) is 7.69. The van der Waals surface area contributed by atoms with Gasteiger partial charge in [0.2, 0.25) is 11.7 Å². The molecule has 0 atom stereocenters. The van der Waals surface area contributed by atoms with Crippen LogP contribution in [-0.2, 0) is 22.6 Å². The molecule has 0 unspecified atom stereocenters. The van der Waals surface area contributed by atoms with Crippen LogP contribution in [0.5, 0.6) is 29.0 Å². The molecule has 17 nitrogen and oxygen atoms in total. The van der Waals surface area contributed by atoms with Gasteiger partial charge >= 0.3 is 36.1 Å². The minimum atomic E-state index is -4.52. The number of nitrogens with zero attached hydrogens (tertiary/aromatic N) is 4. The number of alkyl halides is 6. The van der Waals surface area contributed by atoms with Crippen LogP contribution in [0, 0.1) is 17.0 Å². The number of carbonyl (C=O) groups excluding carboxylic acids is 1. The second kappa shape index (κ2) is 23.0. The van der Waals surface area contributed by atoms with Crippen molar-refractivity contribution in [1.29, 1.82) is 0 Å². The highest BCUT2D eigenvalue weighted by molar-refractivity contribution is 7.90. The van der Waals surface area contributed by atoms with E-state index in [1.807, 2.05) is 0 Å². The molecule has 0 fully saturated rings. The number of nitro groups is 1. The Morgan fingerprint density at radius 3 is 2.08 bits per heavy atom. The number of hydrogen-bond acceptors (Lipinski definition) is 13. The number of sulfonamides is 1. The molecule has 3 N–H and O–H groups in total. The molecule has 0 bridgehead atoms. The number of carboxylic acids is 1. The van der Waals surface area contributed by atoms with Crippen molar-refractivity contribution in [1.82, 2.24) is 19.7 Å². The number of hydrogen-bond donors (Lipinski definition) is 3. The highest BCUT2D eigenvalue weighted by atomic mass is 35.5. The summed E-state index contributed by atoms with van der Waals surface area (Å²) < 4.78 is 122. The number of aromatic nitrogens is 3. The van der Waals surface area contributed by atoms with Crippen molar-refractivity contribution in [2.24, 2.45) is 0 Å². The first-order valence-electron chi connectivity index (χ1n) is 17.8. The molecule has 5 rings (SSSR count). The molecule has 0 spiro atoms. The Hall–Kier alpha value is -6.37. The number of carbonyl (C=O) groups is 2. The Balaban J connectivity index is 0.000000275. The first-order chi connectivity index (χ1) is 30.3. The quantitative estimate of drug-likeness (QED) is 0.0566. The van der Waals surface area contributed by atoms with Gasteiger partial charge in [-0.25, -0.2) is 22.7 Å². The summed E-state index contributed by atoms with van der Waals surface area (Å²) in [7, 11) is -1.81. The second-order valence-corrected chi connectivity index (χ2v) is 15.2. The van der Waals surface area contributed by atoms with Crippen LogP contribution in [0.15, 0.2) is 77.7 Å². The average Bonchev–Trinajstić information content (AvgIpc) is 3.21. The van der Waals surface area contributed by atoms with Crippen LogP contribution in [0.2, 0.25) is 15.1 Å². The lowest BCUT2D eigenvalue weighted by atomic mass is 10.1. The summed E-state index contributed by atoms with van der Waals surface area (Å²) in [5.74, 6) is -1.01. The average molecular weight is 1000 g/mol. The van der Waals surface area contributed by atoms with Gasteiger partial charge in [0.05, 0.1) is 51.3 Å². The summed E-state index contributed by atoms with van der Waals surface area (Å²) in [6.07, 6.45) is -10.7. The minimum absolute atomic E-state index is 0.0111. The van der Waals surface area contributed by atoms with Crippen molar-refractivity contribution < 1.29 is 73.3 Å². The van der Waals surface area contributed by atoms with Gasteiger partial charge in [-0.1, -0.05) is 53.0 Å². The zero-order chi connectivity index (χ0) is 48.9. The third-order valence-corrected chi connectivity index (χ3v) is 10.0. The number of amides is 2. The molecule has 0 saturated heterocycles. The number of methoxy groups -OCH3 is 2. The lowest BCUT2D eigenvalue weighted by molar-refractivity contribution is -0.385. The summed E-state index contributed by atoms with van der Waals surface area (Å²) in [6, 6.07) is 13.1. The standard InChI is InChI=1S/C15H11ClF3NO4.C15H16F3N5O4S.C8H6Cl2O3/c1-2-23-14-8-10(4-5-12(14)20(21)22)24-13-6-3-9(7-11(13)16)15(17,18)19;1-9-19-12(22-14(20-9)27-2)21-13(24)23-28(25,26)11-6-4-3-5-10(11)7-8-15(16,17)18;1-13-7-5(10)3-2-4(9)6(7)8(11)12/h3-8H,2H2,1H3;3-6H,7-8H2,1-2H3,(H2,19,20,21,22,23,24);2-3H,1H3,(H,11,12). The van der Waals surface area contributed by atoms with E-state index in [2.05, 4.69) is 20.3 Å². The van der Waals surface area contributed by atoms with Crippen LogP contribution in [0.1, 0.15) is 40.7 Å². The number of benzene rings is 4. The molecular weight excluding hydrogens is 969 g/mol. The van der Waals surface area contributed by atoms with E-state index in [-0.39, 0.29) is 79.3 Å². The van der Waals surface area contributed by atoms with Gasteiger partial charge < -0.3 is 24.1 Å². The van der Waals surface area contributed by atoms with Crippen LogP contribution in [0.3, 0.4) is 0 Å². The molecule has 0 aliphatic carbocycles. The van der Waals surface area contributed by atoms with Crippen LogP contribution >= 0.6 is 34.8 Å². The minimum Gasteiger partial charge on any atom is -0.494 e. The molecule has 2 amide bonds. The summed E-state index contributed by atoms with van der Waals surface area (Å²) in [5, 5.41) is 21.9. The molecule has 350 valence electrons. The molecule has 27 heteroatoms. The Bertz CT molecular complexity index is 2630. The topological polar surface area (TPSA) is 231 Å². The zero-order valence-corrected chi connectivity index (χ0v) is 36.8. The Labute approximate surface area is 379 Å². The number of nitro benzene ring substituents is 1. The van der Waals surface area contributed by atoms with Gasteiger partial charge in [-0.2, -0.15) is 41.3 Å². The highest BCUT2D eigenvalue weighted by Gasteiger charge is 2.32. The van der Waals surface area contributed by atoms with E-state index in [0.29, 0.717) is 0 Å². The Kier molecular flexibility index (Phi) is 18.7. The van der Waals surface area contributed by atoms with Crippen molar-refractivity contribution in [3.8, 4) is 29.0 Å². The largest absolute Gasteiger partial charge is 0.494 e. The lowest BCUT2D eigenvalue weighted by Crippen LogP contribution is -2.35. The third kappa shape index (κ3) is 16.0. The highest BCUT2D eigenvalue weighted by Crippen LogP contribution is 2.39. The van der Waals surface area contributed by atoms with Gasteiger partial charge in [0.25, 0.3) is 10.0 Å². The molecule has 1 heterocycles. The number of halogens is 9. The molecule has 0 aliphatic rings. The molecule has 0 aliphatic heterocycles. The maximum Gasteiger partial charge on any atom is 0.416 e. The van der Waals surface area contributed by atoms with Crippen molar-refractivity contribution in [3.63, 3.8) is 0 Å². The number of urea groups is 1. The van der Waals surface area contributed by atoms with Gasteiger partial charge in [0, 0.05) is 18.6 Å². The van der Waals surface area contributed by atoms with Crippen molar-refractivity contribution in [2.75, 3.05) is 26.1 Å². The van der Waals surface area contributed by atoms with E-state index in [1.54, 1.807) is 11.6 Å². The number of nitrogens with one attached hydrogen (secondary N) is 2. The molecule has 65 heavy (non-hydrogen) atoms.